The summed E-state index contributed by atoms with van der Waals surface area (Å²) in [6.07, 6.45) is 1.62. The lowest BCUT2D eigenvalue weighted by Crippen LogP contribution is -2.51. The number of benzene rings is 2. The Hall–Kier alpha value is -2.87. The van der Waals surface area contributed by atoms with Gasteiger partial charge in [-0.2, -0.15) is 0 Å². The fourth-order valence-electron chi connectivity index (χ4n) is 3.18. The first-order chi connectivity index (χ1) is 14.1. The third-order valence-electron chi connectivity index (χ3n) is 4.87. The van der Waals surface area contributed by atoms with Gasteiger partial charge < -0.3 is 10.2 Å². The molecule has 8 heteroatoms. The van der Waals surface area contributed by atoms with Crippen molar-refractivity contribution in [3.63, 3.8) is 0 Å². The molecule has 1 atom stereocenters. The van der Waals surface area contributed by atoms with Gasteiger partial charge in [-0.05, 0) is 43.5 Å². The van der Waals surface area contributed by atoms with Crippen LogP contribution >= 0.6 is 0 Å². The summed E-state index contributed by atoms with van der Waals surface area (Å²) in [7, 11) is -2.19. The number of aryl methyl sites for hydroxylation is 1. The maximum atomic E-state index is 13.2. The SMILES string of the molecule is CNC(=O)C(C)N(CCc1ccccc1)C(=O)CN(c1cccc(C)c1)S(C)(=O)=O. The molecule has 7 nitrogen and oxygen atoms in total. The van der Waals surface area contributed by atoms with Gasteiger partial charge in [0.2, 0.25) is 21.8 Å². The second kappa shape index (κ2) is 10.2. The van der Waals surface area contributed by atoms with Crippen LogP contribution in [-0.2, 0) is 26.0 Å². The molecule has 0 heterocycles. The number of nitrogens with zero attached hydrogens (tertiary/aromatic N) is 2. The molecule has 2 amide bonds. The van der Waals surface area contributed by atoms with Crippen LogP contribution < -0.4 is 9.62 Å². The molecule has 0 saturated carbocycles. The van der Waals surface area contributed by atoms with Gasteiger partial charge in [0.1, 0.15) is 12.6 Å². The minimum atomic E-state index is -3.70. The largest absolute Gasteiger partial charge is 0.357 e. The van der Waals surface area contributed by atoms with Crippen molar-refractivity contribution in [3.05, 3.63) is 65.7 Å². The average molecular weight is 432 g/mol. The van der Waals surface area contributed by atoms with Gasteiger partial charge in [-0.1, -0.05) is 42.5 Å². The van der Waals surface area contributed by atoms with E-state index in [0.29, 0.717) is 18.7 Å². The average Bonchev–Trinajstić information content (AvgIpc) is 2.71. The van der Waals surface area contributed by atoms with Gasteiger partial charge in [-0.15, -0.1) is 0 Å². The highest BCUT2D eigenvalue weighted by Gasteiger charge is 2.29. The van der Waals surface area contributed by atoms with E-state index in [4.69, 9.17) is 0 Å². The van der Waals surface area contributed by atoms with Gasteiger partial charge in [-0.25, -0.2) is 8.42 Å². The van der Waals surface area contributed by atoms with Gasteiger partial charge in [-0.3, -0.25) is 13.9 Å². The van der Waals surface area contributed by atoms with Gasteiger partial charge in [0.05, 0.1) is 11.9 Å². The van der Waals surface area contributed by atoms with Crippen LogP contribution in [0.1, 0.15) is 18.1 Å². The zero-order valence-electron chi connectivity index (χ0n) is 17.8. The highest BCUT2D eigenvalue weighted by molar-refractivity contribution is 7.92. The van der Waals surface area contributed by atoms with Gasteiger partial charge >= 0.3 is 0 Å². The molecular formula is C22H29N3O4S. The van der Waals surface area contributed by atoms with Crippen molar-refractivity contribution in [1.29, 1.82) is 0 Å². The van der Waals surface area contributed by atoms with Crippen molar-refractivity contribution in [2.75, 3.05) is 30.7 Å². The Morgan fingerprint density at radius 3 is 2.30 bits per heavy atom. The lowest BCUT2D eigenvalue weighted by Gasteiger charge is -2.31. The second-order valence-electron chi connectivity index (χ2n) is 7.22. The summed E-state index contributed by atoms with van der Waals surface area (Å²) in [5, 5.41) is 2.56. The van der Waals surface area contributed by atoms with Crippen molar-refractivity contribution in [3.8, 4) is 0 Å². The van der Waals surface area contributed by atoms with E-state index in [-0.39, 0.29) is 12.5 Å². The second-order valence-corrected chi connectivity index (χ2v) is 9.13. The van der Waals surface area contributed by atoms with Crippen molar-refractivity contribution in [2.45, 2.75) is 26.3 Å². The molecule has 0 aliphatic heterocycles. The minimum absolute atomic E-state index is 0.294. The number of anilines is 1. The smallest absolute Gasteiger partial charge is 0.244 e. The van der Waals surface area contributed by atoms with Crippen molar-refractivity contribution in [2.24, 2.45) is 0 Å². The van der Waals surface area contributed by atoms with E-state index < -0.39 is 22.0 Å². The predicted molar refractivity (Wildman–Crippen MR) is 119 cm³/mol. The number of nitrogens with one attached hydrogen (secondary N) is 1. The molecule has 2 aromatic carbocycles. The van der Waals surface area contributed by atoms with Crippen molar-refractivity contribution < 1.29 is 18.0 Å². The molecule has 30 heavy (non-hydrogen) atoms. The molecule has 0 aromatic heterocycles. The van der Waals surface area contributed by atoms with Crippen LogP contribution in [0.2, 0.25) is 0 Å². The summed E-state index contributed by atoms with van der Waals surface area (Å²) >= 11 is 0. The van der Waals surface area contributed by atoms with Crippen LogP contribution in [0.5, 0.6) is 0 Å². The third kappa shape index (κ3) is 6.32. The normalized spacial score (nSPS) is 12.1. The summed E-state index contributed by atoms with van der Waals surface area (Å²) < 4.78 is 25.9. The lowest BCUT2D eigenvalue weighted by atomic mass is 10.1. The Bertz CT molecular complexity index is 977. The van der Waals surface area contributed by atoms with E-state index in [9.17, 15) is 18.0 Å². The summed E-state index contributed by atoms with van der Waals surface area (Å²) in [6, 6.07) is 15.9. The summed E-state index contributed by atoms with van der Waals surface area (Å²) in [4.78, 5) is 26.8. The highest BCUT2D eigenvalue weighted by atomic mass is 32.2. The Morgan fingerprint density at radius 2 is 1.73 bits per heavy atom. The first kappa shape index (κ1) is 23.4. The Balaban J connectivity index is 2.28. The van der Waals surface area contributed by atoms with Crippen LogP contribution in [0.15, 0.2) is 54.6 Å². The molecule has 1 unspecified atom stereocenters. The monoisotopic (exact) mass is 431 g/mol. The molecule has 2 aromatic rings. The van der Waals surface area contributed by atoms with Crippen molar-refractivity contribution >= 4 is 27.5 Å². The van der Waals surface area contributed by atoms with Crippen LogP contribution in [0, 0.1) is 6.92 Å². The number of carbonyl (C=O) groups is 2. The zero-order chi connectivity index (χ0) is 22.3. The first-order valence-corrected chi connectivity index (χ1v) is 11.6. The topological polar surface area (TPSA) is 86.8 Å². The van der Waals surface area contributed by atoms with E-state index in [0.717, 1.165) is 21.7 Å². The molecule has 0 aliphatic rings. The Kier molecular flexibility index (Phi) is 8.00. The van der Waals surface area contributed by atoms with E-state index >= 15 is 0 Å². The fraction of sp³-hybridized carbons (Fsp3) is 0.364. The van der Waals surface area contributed by atoms with E-state index in [2.05, 4.69) is 5.32 Å². The van der Waals surface area contributed by atoms with Crippen LogP contribution in [-0.4, -0.2) is 57.6 Å². The minimum Gasteiger partial charge on any atom is -0.357 e. The number of hydrogen-bond acceptors (Lipinski definition) is 4. The van der Waals surface area contributed by atoms with Crippen LogP contribution in [0.25, 0.3) is 0 Å². The molecule has 0 bridgehead atoms. The molecule has 0 radical (unpaired) electrons. The maximum absolute atomic E-state index is 13.2. The standard InChI is InChI=1S/C22H29N3O4S/c1-17-9-8-12-20(15-17)25(30(4,28)29)16-21(26)24(18(2)22(27)23-3)14-13-19-10-6-5-7-11-19/h5-12,15,18H,13-14,16H2,1-4H3,(H,23,27). The van der Waals surface area contributed by atoms with Gasteiger partial charge in [0.15, 0.2) is 0 Å². The molecule has 1 N–H and O–H groups in total. The third-order valence-corrected chi connectivity index (χ3v) is 6.01. The van der Waals surface area contributed by atoms with E-state index in [1.54, 1.807) is 25.1 Å². The Morgan fingerprint density at radius 1 is 1.07 bits per heavy atom. The first-order valence-electron chi connectivity index (χ1n) is 9.73. The summed E-state index contributed by atoms with van der Waals surface area (Å²) in [5.41, 5.74) is 2.33. The molecular weight excluding hydrogens is 402 g/mol. The lowest BCUT2D eigenvalue weighted by molar-refractivity contribution is -0.138. The molecule has 0 aliphatic carbocycles. The van der Waals surface area contributed by atoms with Crippen LogP contribution in [0.4, 0.5) is 5.69 Å². The molecule has 0 saturated heterocycles. The molecule has 0 fully saturated rings. The van der Waals surface area contributed by atoms with Gasteiger partial charge in [0, 0.05) is 13.6 Å². The van der Waals surface area contributed by atoms with Crippen LogP contribution in [0.3, 0.4) is 0 Å². The van der Waals surface area contributed by atoms with Crippen molar-refractivity contribution in [1.82, 2.24) is 10.2 Å². The van der Waals surface area contributed by atoms with E-state index in [1.165, 1.54) is 11.9 Å². The molecule has 162 valence electrons. The highest BCUT2D eigenvalue weighted by Crippen LogP contribution is 2.19. The molecule has 0 spiro atoms. The summed E-state index contributed by atoms with van der Waals surface area (Å²) in [6.45, 7) is 3.41. The number of hydrogen-bond donors (Lipinski definition) is 1. The van der Waals surface area contributed by atoms with E-state index in [1.807, 2.05) is 43.3 Å². The Labute approximate surface area is 178 Å². The van der Waals surface area contributed by atoms with Gasteiger partial charge in [0.25, 0.3) is 0 Å². The number of amides is 2. The zero-order valence-corrected chi connectivity index (χ0v) is 18.6. The summed E-state index contributed by atoms with van der Waals surface area (Å²) in [5.74, 6) is -0.744. The predicted octanol–water partition coefficient (Wildman–Crippen LogP) is 1.97. The number of sulfonamides is 1. The molecule has 2 rings (SSSR count). The fourth-order valence-corrected chi connectivity index (χ4v) is 4.02. The maximum Gasteiger partial charge on any atom is 0.244 e. The number of likely N-dealkylation sites (N-methyl/N-ethyl adjacent to an activating group) is 1. The number of rotatable bonds is 9. The number of carbonyl (C=O) groups excluding carboxylic acids is 2. The quantitative estimate of drug-likeness (QED) is 0.658.